The summed E-state index contributed by atoms with van der Waals surface area (Å²) >= 11 is 0. The van der Waals surface area contributed by atoms with Crippen molar-refractivity contribution in [1.82, 2.24) is 0 Å². The van der Waals surface area contributed by atoms with Gasteiger partial charge >= 0.3 is 0 Å². The van der Waals surface area contributed by atoms with Crippen LogP contribution in [0.2, 0.25) is 0 Å². The van der Waals surface area contributed by atoms with Crippen molar-refractivity contribution in [3.8, 4) is 0 Å². The molecule has 34 valence electrons. The van der Waals surface area contributed by atoms with Crippen molar-refractivity contribution in [2.45, 2.75) is 26.7 Å². The Kier molecular flexibility index (Phi) is 2.82. The summed E-state index contributed by atoms with van der Waals surface area (Å²) in [6.07, 6.45) is 2.06. The number of allylic oxidation sites excluding steroid dienone is 1. The minimum atomic E-state index is 0.789. The first-order valence-corrected chi connectivity index (χ1v) is 2.31. The smallest absolute Gasteiger partial charge is 0.0111 e. The Labute approximate surface area is 39.9 Å². The van der Waals surface area contributed by atoms with E-state index in [4.69, 9.17) is 6.58 Å². The van der Waals surface area contributed by atoms with Gasteiger partial charge in [-0.15, -0.1) is 0 Å². The Morgan fingerprint density at radius 3 is 2.17 bits per heavy atom. The molecule has 0 aromatic carbocycles. The Morgan fingerprint density at radius 1 is 1.67 bits per heavy atom. The maximum Gasteiger partial charge on any atom is -0.0111 e. The lowest BCUT2D eigenvalue weighted by Gasteiger charge is -1.86. The first-order chi connectivity index (χ1) is 2.77. The van der Waals surface area contributed by atoms with Crippen LogP contribution in [0.5, 0.6) is 0 Å². The molecule has 2 radical (unpaired) electrons. The van der Waals surface area contributed by atoms with Gasteiger partial charge in [-0.25, -0.2) is 0 Å². The van der Waals surface area contributed by atoms with Crippen molar-refractivity contribution in [3.63, 3.8) is 0 Å². The highest BCUT2D eigenvalue weighted by molar-refractivity contribution is 4.82. The second kappa shape index (κ2) is 2.95. The largest absolute Gasteiger partial charge is 0.0651 e. The molecule has 0 saturated heterocycles. The van der Waals surface area contributed by atoms with Gasteiger partial charge < -0.3 is 0 Å². The highest BCUT2D eigenvalue weighted by atomic mass is 13.8. The zero-order valence-corrected chi connectivity index (χ0v) is 4.41. The molecule has 0 N–H and O–H groups in total. The minimum absolute atomic E-state index is 0.789. The Balaban J connectivity index is 2.83. The molecule has 0 atom stereocenters. The lowest BCUT2D eigenvalue weighted by Crippen LogP contribution is -1.67. The van der Waals surface area contributed by atoms with Crippen molar-refractivity contribution < 1.29 is 0 Å². The first-order valence-electron chi connectivity index (χ1n) is 2.31. The Morgan fingerprint density at radius 2 is 2.17 bits per heavy atom. The zero-order valence-electron chi connectivity index (χ0n) is 4.41. The summed E-state index contributed by atoms with van der Waals surface area (Å²) in [5, 5.41) is 0. The molecule has 0 aromatic rings. The van der Waals surface area contributed by atoms with Crippen molar-refractivity contribution >= 4 is 0 Å². The van der Waals surface area contributed by atoms with Crippen molar-refractivity contribution in [3.05, 3.63) is 12.2 Å². The number of hydrogen-bond donors (Lipinski definition) is 0. The van der Waals surface area contributed by atoms with Crippen LogP contribution >= 0.6 is 0 Å². The lowest BCUT2D eigenvalue weighted by atomic mass is 10.2. The fourth-order valence-corrected chi connectivity index (χ4v) is 0.375. The van der Waals surface area contributed by atoms with Gasteiger partial charge in [0.15, 0.2) is 0 Å². The molecule has 6 heavy (non-hydrogen) atoms. The zero-order chi connectivity index (χ0) is 4.99. The summed E-state index contributed by atoms with van der Waals surface area (Å²) in [5.41, 5.74) is 0.789. The summed E-state index contributed by atoms with van der Waals surface area (Å²) in [6.45, 7) is 10.8. The molecule has 0 spiro atoms. The number of hydrogen-bond acceptors (Lipinski definition) is 0. The van der Waals surface area contributed by atoms with Gasteiger partial charge in [-0.1, -0.05) is 18.9 Å². The van der Waals surface area contributed by atoms with Gasteiger partial charge in [-0.2, -0.15) is 0 Å². The predicted octanol–water partition coefficient (Wildman–Crippen LogP) is 2.04. The van der Waals surface area contributed by atoms with E-state index in [2.05, 4.69) is 6.92 Å². The van der Waals surface area contributed by atoms with E-state index in [0.717, 1.165) is 18.4 Å². The quantitative estimate of drug-likeness (QED) is 0.478. The van der Waals surface area contributed by atoms with Crippen LogP contribution < -0.4 is 0 Å². The molecule has 0 fully saturated rings. The van der Waals surface area contributed by atoms with Crippen LogP contribution in [0.1, 0.15) is 26.7 Å². The van der Waals surface area contributed by atoms with Gasteiger partial charge in [0.2, 0.25) is 0 Å². The van der Waals surface area contributed by atoms with Crippen LogP contribution in [0.4, 0.5) is 0 Å². The lowest BCUT2D eigenvalue weighted by molar-refractivity contribution is 0.907. The Bertz CT molecular complexity index is 44.0. The maximum absolute atomic E-state index is 6.89. The topological polar surface area (TPSA) is 0 Å². The van der Waals surface area contributed by atoms with Gasteiger partial charge in [-0.05, 0) is 19.9 Å². The summed E-state index contributed by atoms with van der Waals surface area (Å²) in [5.74, 6) is 0. The summed E-state index contributed by atoms with van der Waals surface area (Å²) < 4.78 is 0. The molecule has 0 aliphatic rings. The molecule has 0 aromatic heterocycles. The average molecular weight is 82.1 g/mol. The molecule has 0 rings (SSSR count). The molecule has 0 nitrogen and oxygen atoms in total. The van der Waals surface area contributed by atoms with Crippen molar-refractivity contribution in [1.29, 1.82) is 0 Å². The van der Waals surface area contributed by atoms with Gasteiger partial charge in [0.1, 0.15) is 0 Å². The highest BCUT2D eigenvalue weighted by Crippen LogP contribution is 1.96. The molecule has 0 aliphatic carbocycles. The van der Waals surface area contributed by atoms with Crippen LogP contribution in [0.15, 0.2) is 5.57 Å². The van der Waals surface area contributed by atoms with Crippen molar-refractivity contribution in [2.24, 2.45) is 0 Å². The summed E-state index contributed by atoms with van der Waals surface area (Å²) in [6, 6.07) is 0. The first kappa shape index (κ1) is 5.74. The third-order valence-electron chi connectivity index (χ3n) is 0.625. The van der Waals surface area contributed by atoms with Gasteiger partial charge in [0.05, 0.1) is 0 Å². The van der Waals surface area contributed by atoms with E-state index in [1.165, 1.54) is 0 Å². The summed E-state index contributed by atoms with van der Waals surface area (Å²) in [4.78, 5) is 0. The van der Waals surface area contributed by atoms with Crippen molar-refractivity contribution in [2.75, 3.05) is 0 Å². The standard InChI is InChI=1S/C6H10/c1-4-5-6(2)3/h4-5H2,1-2H3. The Hall–Kier alpha value is -0.260. The SMILES string of the molecule is [C]=C(C)CCC. The fraction of sp³-hybridized carbons (Fsp3) is 0.667. The number of rotatable bonds is 2. The van der Waals surface area contributed by atoms with Gasteiger partial charge in [0.25, 0.3) is 0 Å². The normalized spacial score (nSPS) is 8.33. The van der Waals surface area contributed by atoms with Crippen LogP contribution in [0.3, 0.4) is 0 Å². The molecule has 0 heterocycles. The minimum Gasteiger partial charge on any atom is -0.0651 e. The molecule has 0 amide bonds. The van der Waals surface area contributed by atoms with E-state index in [-0.39, 0.29) is 0 Å². The molecule has 0 bridgehead atoms. The van der Waals surface area contributed by atoms with E-state index in [1.54, 1.807) is 0 Å². The molecule has 0 heteroatoms. The van der Waals surface area contributed by atoms with Crippen LogP contribution in [0, 0.1) is 6.58 Å². The van der Waals surface area contributed by atoms with Crippen LogP contribution in [-0.4, -0.2) is 0 Å². The second-order valence-electron chi connectivity index (χ2n) is 1.53. The van der Waals surface area contributed by atoms with E-state index in [1.807, 2.05) is 6.92 Å². The molecular weight excluding hydrogens is 72.1 g/mol. The monoisotopic (exact) mass is 82.1 g/mol. The van der Waals surface area contributed by atoms with Gasteiger partial charge in [0, 0.05) is 0 Å². The summed E-state index contributed by atoms with van der Waals surface area (Å²) in [7, 11) is 0. The van der Waals surface area contributed by atoms with E-state index in [9.17, 15) is 0 Å². The molecule has 0 aliphatic heterocycles. The molecule has 0 saturated carbocycles. The molecule has 0 unspecified atom stereocenters. The second-order valence-corrected chi connectivity index (χ2v) is 1.53. The predicted molar refractivity (Wildman–Crippen MR) is 27.3 cm³/mol. The fourth-order valence-electron chi connectivity index (χ4n) is 0.375. The molecular formula is C6H10. The maximum atomic E-state index is 6.89. The van der Waals surface area contributed by atoms with E-state index in [0.29, 0.717) is 0 Å². The van der Waals surface area contributed by atoms with Gasteiger partial charge in [-0.3, -0.25) is 0 Å². The highest BCUT2D eigenvalue weighted by Gasteiger charge is 1.77. The third-order valence-corrected chi connectivity index (χ3v) is 0.625. The van der Waals surface area contributed by atoms with Crippen LogP contribution in [-0.2, 0) is 0 Å². The van der Waals surface area contributed by atoms with E-state index < -0.39 is 0 Å². The van der Waals surface area contributed by atoms with Crippen LogP contribution in [0.25, 0.3) is 0 Å². The average Bonchev–Trinajstić information content (AvgIpc) is 1.35. The third kappa shape index (κ3) is 3.74. The van der Waals surface area contributed by atoms with E-state index >= 15 is 0 Å².